The van der Waals surface area contributed by atoms with E-state index in [2.05, 4.69) is 40.7 Å². The molecular weight excluding hydrogens is 445 g/mol. The maximum absolute atomic E-state index is 12.5. The van der Waals surface area contributed by atoms with Crippen LogP contribution in [0, 0.1) is 11.3 Å². The minimum Gasteiger partial charge on any atom is -0.406 e. The number of halogens is 3. The van der Waals surface area contributed by atoms with E-state index in [1.807, 2.05) is 18.2 Å². The molecule has 1 fully saturated rings. The predicted octanol–water partition coefficient (Wildman–Crippen LogP) is 7.02. The molecule has 0 saturated heterocycles. The maximum atomic E-state index is 12.5. The number of ether oxygens (including phenoxy) is 1. The van der Waals surface area contributed by atoms with E-state index in [1.165, 1.54) is 31.2 Å². The summed E-state index contributed by atoms with van der Waals surface area (Å²) < 4.78 is 43.6. The van der Waals surface area contributed by atoms with Crippen molar-refractivity contribution >= 4 is 34.3 Å². The second-order valence-electron chi connectivity index (χ2n) is 9.95. The Labute approximate surface area is 196 Å². The zero-order valence-corrected chi connectivity index (χ0v) is 19.7. The van der Waals surface area contributed by atoms with Gasteiger partial charge in [-0.25, -0.2) is 4.98 Å². The zero-order chi connectivity index (χ0) is 24.7. The van der Waals surface area contributed by atoms with Crippen LogP contribution >= 0.6 is 0 Å². The van der Waals surface area contributed by atoms with Crippen molar-refractivity contribution in [1.29, 1.82) is 0 Å². The van der Waals surface area contributed by atoms with E-state index in [-0.39, 0.29) is 23.1 Å². The van der Waals surface area contributed by atoms with Gasteiger partial charge in [0.2, 0.25) is 11.9 Å². The number of hydrogen-bond acceptors (Lipinski definition) is 4. The molecule has 0 radical (unpaired) electrons. The van der Waals surface area contributed by atoms with Crippen LogP contribution in [0.5, 0.6) is 5.75 Å². The predicted molar refractivity (Wildman–Crippen MR) is 126 cm³/mol. The van der Waals surface area contributed by atoms with E-state index in [1.54, 1.807) is 0 Å². The molecule has 1 amide bonds. The molecule has 2 N–H and O–H groups in total. The van der Waals surface area contributed by atoms with Gasteiger partial charge in [0, 0.05) is 24.3 Å². The highest BCUT2D eigenvalue weighted by Crippen LogP contribution is 2.46. The summed E-state index contributed by atoms with van der Waals surface area (Å²) in [7, 11) is 0. The van der Waals surface area contributed by atoms with Gasteiger partial charge in [0.25, 0.3) is 0 Å². The number of carbonyl (C=O) groups excluding carboxylic acids is 1. The number of amides is 1. The lowest BCUT2D eigenvalue weighted by Crippen LogP contribution is -2.29. The molecule has 4 rings (SSSR count). The molecule has 0 unspecified atom stereocenters. The van der Waals surface area contributed by atoms with E-state index < -0.39 is 6.36 Å². The molecule has 0 bridgehead atoms. The van der Waals surface area contributed by atoms with Crippen molar-refractivity contribution in [2.45, 2.75) is 59.4 Å². The second kappa shape index (κ2) is 8.85. The number of rotatable bonds is 5. The molecule has 2 aromatic carbocycles. The number of alkyl halides is 3. The quantitative estimate of drug-likeness (QED) is 0.417. The van der Waals surface area contributed by atoms with Gasteiger partial charge < -0.3 is 19.9 Å². The lowest BCUT2D eigenvalue weighted by Gasteiger charge is -2.40. The molecular formula is C25H29F3N4O2. The largest absolute Gasteiger partial charge is 0.573 e. The third kappa shape index (κ3) is 5.63. The lowest BCUT2D eigenvalue weighted by molar-refractivity contribution is -0.274. The van der Waals surface area contributed by atoms with Gasteiger partial charge in [-0.1, -0.05) is 20.8 Å². The fourth-order valence-electron chi connectivity index (χ4n) is 5.20. The Kier molecular flexibility index (Phi) is 6.22. The van der Waals surface area contributed by atoms with Crippen LogP contribution in [0.15, 0.2) is 42.5 Å². The number of anilines is 3. The summed E-state index contributed by atoms with van der Waals surface area (Å²) in [5, 5.41) is 6.06. The van der Waals surface area contributed by atoms with Gasteiger partial charge in [0.15, 0.2) is 0 Å². The number of aromatic nitrogens is 2. The topological polar surface area (TPSA) is 68.2 Å². The van der Waals surface area contributed by atoms with E-state index in [0.717, 1.165) is 30.3 Å². The Morgan fingerprint density at radius 3 is 2.41 bits per heavy atom. The minimum absolute atomic E-state index is 0.166. The third-order valence-corrected chi connectivity index (χ3v) is 6.08. The van der Waals surface area contributed by atoms with Crippen molar-refractivity contribution in [3.8, 4) is 5.75 Å². The monoisotopic (exact) mass is 474 g/mol. The van der Waals surface area contributed by atoms with Crippen LogP contribution in [0.2, 0.25) is 0 Å². The number of imidazole rings is 1. The molecule has 0 aliphatic heterocycles. The number of nitrogens with one attached hydrogen (secondary N) is 2. The summed E-state index contributed by atoms with van der Waals surface area (Å²) in [6.07, 6.45) is -1.62. The van der Waals surface area contributed by atoms with Crippen LogP contribution in [0.3, 0.4) is 0 Å². The smallest absolute Gasteiger partial charge is 0.406 e. The molecule has 2 atom stereocenters. The fourth-order valence-corrected chi connectivity index (χ4v) is 5.20. The molecule has 1 aromatic heterocycles. The van der Waals surface area contributed by atoms with Gasteiger partial charge in [-0.2, -0.15) is 0 Å². The first-order valence-corrected chi connectivity index (χ1v) is 11.3. The third-order valence-electron chi connectivity index (χ3n) is 6.08. The van der Waals surface area contributed by atoms with Crippen molar-refractivity contribution < 1.29 is 22.7 Å². The second-order valence-corrected chi connectivity index (χ2v) is 9.95. The number of fused-ring (bicyclic) bond motifs is 1. The SMILES string of the molecule is CC(=O)Nc1ccc2c(c1)nc(Nc1ccc(OC(F)(F)F)cc1)n2[C@H]1C[C@H](C)CC(C)(C)C1. The normalized spacial score (nSPS) is 20.2. The number of carbonyl (C=O) groups is 1. The van der Waals surface area contributed by atoms with Crippen molar-refractivity contribution in [3.63, 3.8) is 0 Å². The van der Waals surface area contributed by atoms with Crippen LogP contribution < -0.4 is 15.4 Å². The zero-order valence-electron chi connectivity index (χ0n) is 19.7. The Bertz CT molecular complexity index is 1190. The standard InChI is InChI=1S/C25H29F3N4O2/c1-15-11-19(14-24(3,4)13-15)32-22-10-7-18(29-16(2)33)12-21(22)31-23(32)30-17-5-8-20(9-6-17)34-25(26,27)28/h5-10,12,15,19H,11,13-14H2,1-4H3,(H,29,33)(H,30,31)/t15-,19-/m0/s1. The summed E-state index contributed by atoms with van der Waals surface area (Å²) in [5.74, 6) is 0.696. The molecule has 34 heavy (non-hydrogen) atoms. The van der Waals surface area contributed by atoms with Crippen LogP contribution in [-0.4, -0.2) is 21.8 Å². The molecule has 9 heteroatoms. The Morgan fingerprint density at radius 1 is 1.12 bits per heavy atom. The average molecular weight is 475 g/mol. The van der Waals surface area contributed by atoms with Crippen LogP contribution in [-0.2, 0) is 4.79 Å². The van der Waals surface area contributed by atoms with Gasteiger partial charge >= 0.3 is 6.36 Å². The molecule has 182 valence electrons. The summed E-state index contributed by atoms with van der Waals surface area (Å²) in [5.41, 5.74) is 3.08. The van der Waals surface area contributed by atoms with Gasteiger partial charge in [-0.15, -0.1) is 13.2 Å². The van der Waals surface area contributed by atoms with Crippen molar-refractivity contribution in [2.75, 3.05) is 10.6 Å². The van der Waals surface area contributed by atoms with E-state index in [9.17, 15) is 18.0 Å². The van der Waals surface area contributed by atoms with Crippen LogP contribution in [0.4, 0.5) is 30.5 Å². The minimum atomic E-state index is -4.74. The first kappa shape index (κ1) is 23.9. The van der Waals surface area contributed by atoms with Crippen molar-refractivity contribution in [2.24, 2.45) is 11.3 Å². The molecule has 1 saturated carbocycles. The summed E-state index contributed by atoms with van der Waals surface area (Å²) >= 11 is 0. The summed E-state index contributed by atoms with van der Waals surface area (Å²) in [6.45, 7) is 8.26. The number of hydrogen-bond donors (Lipinski definition) is 2. The van der Waals surface area contributed by atoms with E-state index in [4.69, 9.17) is 4.98 Å². The molecule has 3 aromatic rings. The van der Waals surface area contributed by atoms with Gasteiger partial charge in [0.05, 0.1) is 11.0 Å². The Balaban J connectivity index is 1.72. The first-order valence-electron chi connectivity index (χ1n) is 11.3. The summed E-state index contributed by atoms with van der Waals surface area (Å²) in [6, 6.07) is 11.4. The molecule has 1 heterocycles. The molecule has 0 spiro atoms. The summed E-state index contributed by atoms with van der Waals surface area (Å²) in [4.78, 5) is 16.3. The maximum Gasteiger partial charge on any atom is 0.573 e. The highest BCUT2D eigenvalue weighted by molar-refractivity contribution is 5.92. The highest BCUT2D eigenvalue weighted by Gasteiger charge is 2.35. The van der Waals surface area contributed by atoms with Gasteiger partial charge in [-0.3, -0.25) is 4.79 Å². The van der Waals surface area contributed by atoms with Gasteiger partial charge in [-0.05, 0) is 73.1 Å². The fraction of sp³-hybridized carbons (Fsp3) is 0.440. The van der Waals surface area contributed by atoms with Crippen molar-refractivity contribution in [1.82, 2.24) is 9.55 Å². The highest BCUT2D eigenvalue weighted by atomic mass is 19.4. The van der Waals surface area contributed by atoms with Gasteiger partial charge in [0.1, 0.15) is 5.75 Å². The number of nitrogens with zero attached hydrogens (tertiary/aromatic N) is 2. The van der Waals surface area contributed by atoms with Crippen LogP contribution in [0.25, 0.3) is 11.0 Å². The Hall–Kier alpha value is -3.23. The van der Waals surface area contributed by atoms with E-state index >= 15 is 0 Å². The molecule has 6 nitrogen and oxygen atoms in total. The average Bonchev–Trinajstić information content (AvgIpc) is 3.03. The lowest BCUT2D eigenvalue weighted by atomic mass is 9.70. The number of benzene rings is 2. The van der Waals surface area contributed by atoms with Crippen molar-refractivity contribution in [3.05, 3.63) is 42.5 Å². The van der Waals surface area contributed by atoms with Crippen LogP contribution in [0.1, 0.15) is 53.0 Å². The molecule has 1 aliphatic carbocycles. The van der Waals surface area contributed by atoms with E-state index in [0.29, 0.717) is 23.2 Å². The Morgan fingerprint density at radius 2 is 1.79 bits per heavy atom. The molecule has 1 aliphatic rings. The first-order chi connectivity index (χ1) is 15.9.